The standard InChI is InChI=1S/C24H26N2O5S/c1-16-5-6-20(14-23(16)32(28,29)26-7-9-30-10-8-26)25-24(27)13-19-15-31-22-12-18-4-2-3-17(18)11-21(19)22/h5-6,11-12,14-15H,2-4,7-10,13H2,1H3,(H,25,27). The number of fused-ring (bicyclic) bond motifs is 2. The summed E-state index contributed by atoms with van der Waals surface area (Å²) in [6, 6.07) is 9.22. The van der Waals surface area contributed by atoms with Gasteiger partial charge in [0.15, 0.2) is 0 Å². The van der Waals surface area contributed by atoms with Crippen LogP contribution >= 0.6 is 0 Å². The molecule has 1 amide bonds. The first-order chi connectivity index (χ1) is 15.4. The number of morpholine rings is 1. The summed E-state index contributed by atoms with van der Waals surface area (Å²) in [6.45, 7) is 3.19. The Morgan fingerprint density at radius 3 is 2.62 bits per heavy atom. The smallest absolute Gasteiger partial charge is 0.243 e. The van der Waals surface area contributed by atoms with Crippen molar-refractivity contribution in [2.24, 2.45) is 0 Å². The van der Waals surface area contributed by atoms with E-state index in [1.54, 1.807) is 31.4 Å². The van der Waals surface area contributed by atoms with Gasteiger partial charge in [0, 0.05) is 29.7 Å². The van der Waals surface area contributed by atoms with Gasteiger partial charge in [-0.2, -0.15) is 4.31 Å². The van der Waals surface area contributed by atoms with Crippen molar-refractivity contribution in [1.82, 2.24) is 4.31 Å². The van der Waals surface area contributed by atoms with Gasteiger partial charge in [-0.1, -0.05) is 6.07 Å². The third kappa shape index (κ3) is 3.94. The number of anilines is 1. The second-order valence-electron chi connectivity index (χ2n) is 8.45. The van der Waals surface area contributed by atoms with Gasteiger partial charge in [0.25, 0.3) is 0 Å². The zero-order chi connectivity index (χ0) is 22.3. The number of rotatable bonds is 5. The molecule has 1 aliphatic heterocycles. The third-order valence-corrected chi connectivity index (χ3v) is 8.32. The van der Waals surface area contributed by atoms with Crippen molar-refractivity contribution >= 4 is 32.6 Å². The SMILES string of the molecule is Cc1ccc(NC(=O)Cc2coc3cc4c(cc23)CCC4)cc1S(=O)(=O)N1CCOCC1. The molecule has 5 rings (SSSR count). The monoisotopic (exact) mass is 454 g/mol. The third-order valence-electron chi connectivity index (χ3n) is 6.28. The van der Waals surface area contributed by atoms with Crippen LogP contribution in [0, 0.1) is 6.92 Å². The number of benzene rings is 2. The van der Waals surface area contributed by atoms with Crippen LogP contribution in [0.4, 0.5) is 5.69 Å². The van der Waals surface area contributed by atoms with Crippen LogP contribution in [0.15, 0.2) is 45.9 Å². The van der Waals surface area contributed by atoms with Crippen LogP contribution in [-0.4, -0.2) is 44.9 Å². The molecule has 2 aromatic carbocycles. The largest absolute Gasteiger partial charge is 0.464 e. The lowest BCUT2D eigenvalue weighted by Gasteiger charge is -2.26. The molecule has 1 aromatic heterocycles. The molecule has 0 atom stereocenters. The van der Waals surface area contributed by atoms with E-state index in [0.29, 0.717) is 37.6 Å². The molecule has 0 radical (unpaired) electrons. The summed E-state index contributed by atoms with van der Waals surface area (Å²) in [4.78, 5) is 13.0. The van der Waals surface area contributed by atoms with E-state index in [1.807, 2.05) is 0 Å². The fraction of sp³-hybridized carbons (Fsp3) is 0.375. The second kappa shape index (κ2) is 8.35. The second-order valence-corrected chi connectivity index (χ2v) is 10.4. The minimum atomic E-state index is -3.65. The van der Waals surface area contributed by atoms with Gasteiger partial charge in [0.1, 0.15) is 5.58 Å². The Bertz CT molecular complexity index is 1290. The van der Waals surface area contributed by atoms with Crippen LogP contribution < -0.4 is 5.32 Å². The van der Waals surface area contributed by atoms with Gasteiger partial charge in [0.05, 0.1) is 30.8 Å². The van der Waals surface area contributed by atoms with Gasteiger partial charge >= 0.3 is 0 Å². The maximum Gasteiger partial charge on any atom is 0.243 e. The first-order valence-electron chi connectivity index (χ1n) is 10.9. The van der Waals surface area contributed by atoms with E-state index in [0.717, 1.165) is 35.8 Å². The van der Waals surface area contributed by atoms with E-state index in [4.69, 9.17) is 9.15 Å². The number of amides is 1. The molecule has 1 N–H and O–H groups in total. The molecule has 3 aromatic rings. The highest BCUT2D eigenvalue weighted by atomic mass is 32.2. The normalized spacial score (nSPS) is 16.9. The summed E-state index contributed by atoms with van der Waals surface area (Å²) < 4.78 is 38.6. The van der Waals surface area contributed by atoms with Crippen LogP contribution in [0.2, 0.25) is 0 Å². The Morgan fingerprint density at radius 2 is 1.84 bits per heavy atom. The highest BCUT2D eigenvalue weighted by molar-refractivity contribution is 7.89. The van der Waals surface area contributed by atoms with Crippen LogP contribution in [0.5, 0.6) is 0 Å². The van der Waals surface area contributed by atoms with Gasteiger partial charge in [0.2, 0.25) is 15.9 Å². The number of sulfonamides is 1. The number of hydrogen-bond acceptors (Lipinski definition) is 5. The summed E-state index contributed by atoms with van der Waals surface area (Å²) in [6.07, 6.45) is 5.09. The lowest BCUT2D eigenvalue weighted by molar-refractivity contribution is -0.115. The van der Waals surface area contributed by atoms with Crippen molar-refractivity contribution in [2.45, 2.75) is 37.5 Å². The van der Waals surface area contributed by atoms with Crippen molar-refractivity contribution in [1.29, 1.82) is 0 Å². The molecular formula is C24H26N2O5S. The lowest BCUT2D eigenvalue weighted by Crippen LogP contribution is -2.40. The number of hydrogen-bond donors (Lipinski definition) is 1. The molecule has 168 valence electrons. The molecule has 0 spiro atoms. The average molecular weight is 455 g/mol. The quantitative estimate of drug-likeness (QED) is 0.638. The van der Waals surface area contributed by atoms with Gasteiger partial charge in [-0.25, -0.2) is 8.42 Å². The zero-order valence-electron chi connectivity index (χ0n) is 18.0. The first kappa shape index (κ1) is 21.2. The first-order valence-corrected chi connectivity index (χ1v) is 12.4. The topological polar surface area (TPSA) is 88.8 Å². The number of furan rings is 1. The molecule has 0 saturated carbocycles. The highest BCUT2D eigenvalue weighted by Gasteiger charge is 2.28. The number of ether oxygens (including phenoxy) is 1. The van der Waals surface area contributed by atoms with Crippen molar-refractivity contribution in [2.75, 3.05) is 31.6 Å². The Kier molecular flexibility index (Phi) is 5.53. The van der Waals surface area contributed by atoms with Crippen LogP contribution in [0.3, 0.4) is 0 Å². The molecule has 2 heterocycles. The van der Waals surface area contributed by atoms with Crippen molar-refractivity contribution < 1.29 is 22.4 Å². The van der Waals surface area contributed by atoms with Gasteiger partial charge in [-0.3, -0.25) is 4.79 Å². The fourth-order valence-electron chi connectivity index (χ4n) is 4.54. The van der Waals surface area contributed by atoms with E-state index in [1.165, 1.54) is 15.4 Å². The summed E-state index contributed by atoms with van der Waals surface area (Å²) in [5.74, 6) is -0.216. The number of nitrogens with one attached hydrogen (secondary N) is 1. The average Bonchev–Trinajstić information content (AvgIpc) is 3.40. The van der Waals surface area contributed by atoms with Crippen LogP contribution in [0.1, 0.15) is 28.7 Å². The van der Waals surface area contributed by atoms with Crippen molar-refractivity contribution in [3.8, 4) is 0 Å². The number of nitrogens with zero attached hydrogens (tertiary/aromatic N) is 1. The van der Waals surface area contributed by atoms with E-state index in [9.17, 15) is 13.2 Å². The molecule has 0 unspecified atom stereocenters. The molecular weight excluding hydrogens is 428 g/mol. The summed E-state index contributed by atoms with van der Waals surface area (Å²) in [5, 5.41) is 3.82. The zero-order valence-corrected chi connectivity index (χ0v) is 18.8. The van der Waals surface area contributed by atoms with Gasteiger partial charge < -0.3 is 14.5 Å². The number of aryl methyl sites for hydroxylation is 3. The number of carbonyl (C=O) groups is 1. The van der Waals surface area contributed by atoms with E-state index in [-0.39, 0.29) is 17.2 Å². The lowest BCUT2D eigenvalue weighted by atomic mass is 10.0. The molecule has 1 fully saturated rings. The Labute approximate surface area is 187 Å². The summed E-state index contributed by atoms with van der Waals surface area (Å²) in [7, 11) is -3.65. The van der Waals surface area contributed by atoms with E-state index >= 15 is 0 Å². The molecule has 2 aliphatic rings. The molecule has 7 nitrogen and oxygen atoms in total. The fourth-order valence-corrected chi connectivity index (χ4v) is 6.20. The Morgan fingerprint density at radius 1 is 1.09 bits per heavy atom. The maximum atomic E-state index is 13.1. The highest BCUT2D eigenvalue weighted by Crippen LogP contribution is 2.31. The van der Waals surface area contributed by atoms with Crippen LogP contribution in [0.25, 0.3) is 11.0 Å². The Balaban J connectivity index is 1.35. The minimum absolute atomic E-state index is 0.158. The van der Waals surface area contributed by atoms with Crippen molar-refractivity contribution in [3.05, 3.63) is 58.8 Å². The van der Waals surface area contributed by atoms with Gasteiger partial charge in [-0.05, 0) is 67.1 Å². The molecule has 1 saturated heterocycles. The van der Waals surface area contributed by atoms with Gasteiger partial charge in [-0.15, -0.1) is 0 Å². The predicted molar refractivity (Wildman–Crippen MR) is 121 cm³/mol. The van der Waals surface area contributed by atoms with E-state index in [2.05, 4.69) is 17.4 Å². The summed E-state index contributed by atoms with van der Waals surface area (Å²) in [5.41, 5.74) is 5.40. The predicted octanol–water partition coefficient (Wildman–Crippen LogP) is 3.43. The van der Waals surface area contributed by atoms with E-state index < -0.39 is 10.0 Å². The maximum absolute atomic E-state index is 13.1. The molecule has 1 aliphatic carbocycles. The summed E-state index contributed by atoms with van der Waals surface area (Å²) >= 11 is 0. The minimum Gasteiger partial charge on any atom is -0.464 e. The molecule has 8 heteroatoms. The molecule has 0 bridgehead atoms. The van der Waals surface area contributed by atoms with Crippen LogP contribution in [-0.2, 0) is 38.8 Å². The molecule has 32 heavy (non-hydrogen) atoms. The number of carbonyl (C=O) groups excluding carboxylic acids is 1. The Hall–Kier alpha value is -2.68. The van der Waals surface area contributed by atoms with Crippen molar-refractivity contribution in [3.63, 3.8) is 0 Å².